The molecule has 18 heavy (non-hydrogen) atoms. The number of hydrogen-bond acceptors (Lipinski definition) is 4. The van der Waals surface area contributed by atoms with E-state index in [0.717, 1.165) is 24.2 Å². The quantitative estimate of drug-likeness (QED) is 0.853. The summed E-state index contributed by atoms with van der Waals surface area (Å²) in [6, 6.07) is 2.85. The molecule has 0 bridgehead atoms. The van der Waals surface area contributed by atoms with Crippen molar-refractivity contribution in [2.75, 3.05) is 19.6 Å². The van der Waals surface area contributed by atoms with Gasteiger partial charge >= 0.3 is 0 Å². The highest BCUT2D eigenvalue weighted by molar-refractivity contribution is 5.00. The smallest absolute Gasteiger partial charge is 0.115 e. The minimum Gasteiger partial charge on any atom is -0.317 e. The van der Waals surface area contributed by atoms with Crippen molar-refractivity contribution >= 4 is 0 Å². The highest BCUT2D eigenvalue weighted by atomic mass is 15.2. The first-order chi connectivity index (χ1) is 8.92. The van der Waals surface area contributed by atoms with Crippen LogP contribution in [0, 0.1) is 5.92 Å². The molecule has 0 unspecified atom stereocenters. The molecule has 2 fully saturated rings. The Bertz CT molecular complexity index is 357. The van der Waals surface area contributed by atoms with Crippen molar-refractivity contribution in [2.45, 2.75) is 38.3 Å². The van der Waals surface area contributed by atoms with Crippen molar-refractivity contribution in [3.05, 3.63) is 24.3 Å². The molecule has 4 nitrogen and oxygen atoms in total. The number of nitrogens with zero attached hydrogens (tertiary/aromatic N) is 3. The van der Waals surface area contributed by atoms with Gasteiger partial charge in [-0.2, -0.15) is 0 Å². The maximum Gasteiger partial charge on any atom is 0.115 e. The number of rotatable bonds is 5. The van der Waals surface area contributed by atoms with Crippen LogP contribution in [-0.4, -0.2) is 40.5 Å². The van der Waals surface area contributed by atoms with Gasteiger partial charge in [-0.3, -0.25) is 4.90 Å². The summed E-state index contributed by atoms with van der Waals surface area (Å²) < 4.78 is 0. The molecule has 1 saturated carbocycles. The van der Waals surface area contributed by atoms with Crippen molar-refractivity contribution < 1.29 is 0 Å². The molecule has 1 aliphatic heterocycles. The lowest BCUT2D eigenvalue weighted by atomic mass is 9.97. The molecule has 0 aromatic carbocycles. The lowest BCUT2D eigenvalue weighted by molar-refractivity contribution is 0.188. The van der Waals surface area contributed by atoms with Gasteiger partial charge in [0.2, 0.25) is 0 Å². The summed E-state index contributed by atoms with van der Waals surface area (Å²) >= 11 is 0. The summed E-state index contributed by atoms with van der Waals surface area (Å²) in [4.78, 5) is 11.0. The van der Waals surface area contributed by atoms with Crippen LogP contribution in [0.1, 0.15) is 31.4 Å². The van der Waals surface area contributed by atoms with Crippen LogP contribution in [0.2, 0.25) is 0 Å². The summed E-state index contributed by atoms with van der Waals surface area (Å²) in [5.74, 6) is 0.869. The zero-order chi connectivity index (χ0) is 12.2. The number of aromatic nitrogens is 2. The van der Waals surface area contributed by atoms with Crippen molar-refractivity contribution in [1.29, 1.82) is 0 Å². The van der Waals surface area contributed by atoms with E-state index in [2.05, 4.69) is 20.2 Å². The lowest BCUT2D eigenvalue weighted by Crippen LogP contribution is -2.37. The van der Waals surface area contributed by atoms with E-state index in [9.17, 15) is 0 Å². The van der Waals surface area contributed by atoms with Gasteiger partial charge < -0.3 is 5.32 Å². The van der Waals surface area contributed by atoms with Crippen LogP contribution in [-0.2, 0) is 6.54 Å². The van der Waals surface area contributed by atoms with Crippen LogP contribution in [0.4, 0.5) is 0 Å². The van der Waals surface area contributed by atoms with Gasteiger partial charge in [-0.25, -0.2) is 9.97 Å². The second kappa shape index (κ2) is 5.76. The third-order valence-electron chi connectivity index (χ3n) is 4.02. The molecule has 4 heteroatoms. The first-order valence-electron chi connectivity index (χ1n) is 7.11. The maximum atomic E-state index is 4.36. The highest BCUT2D eigenvalue weighted by Gasteiger charge is 2.31. The number of nitrogens with one attached hydrogen (secondary N) is 1. The van der Waals surface area contributed by atoms with Gasteiger partial charge in [0.05, 0.1) is 5.69 Å². The fraction of sp³-hybridized carbons (Fsp3) is 0.714. The molecule has 1 aromatic heterocycles. The summed E-state index contributed by atoms with van der Waals surface area (Å²) in [7, 11) is 0. The van der Waals surface area contributed by atoms with E-state index >= 15 is 0 Å². The molecule has 0 spiro atoms. The molecule has 2 aliphatic rings. The largest absolute Gasteiger partial charge is 0.317 e. The first-order valence-corrected chi connectivity index (χ1v) is 7.11. The van der Waals surface area contributed by atoms with Crippen LogP contribution in [0.3, 0.4) is 0 Å². The third-order valence-corrected chi connectivity index (χ3v) is 4.02. The molecule has 0 amide bonds. The van der Waals surface area contributed by atoms with E-state index in [1.165, 1.54) is 45.3 Å². The van der Waals surface area contributed by atoms with E-state index in [-0.39, 0.29) is 0 Å². The van der Waals surface area contributed by atoms with E-state index in [1.54, 1.807) is 6.33 Å². The Balaban J connectivity index is 1.58. The molecule has 1 aromatic rings. The highest BCUT2D eigenvalue weighted by Crippen LogP contribution is 2.30. The predicted octanol–water partition coefficient (Wildman–Crippen LogP) is 1.44. The summed E-state index contributed by atoms with van der Waals surface area (Å²) in [6.07, 6.45) is 8.90. The van der Waals surface area contributed by atoms with Crippen molar-refractivity contribution in [3.8, 4) is 0 Å². The van der Waals surface area contributed by atoms with Crippen molar-refractivity contribution in [3.63, 3.8) is 0 Å². The zero-order valence-electron chi connectivity index (χ0n) is 10.9. The van der Waals surface area contributed by atoms with Gasteiger partial charge in [0.15, 0.2) is 0 Å². The van der Waals surface area contributed by atoms with Gasteiger partial charge in [0, 0.05) is 25.3 Å². The summed E-state index contributed by atoms with van der Waals surface area (Å²) in [5, 5.41) is 3.44. The molecule has 1 saturated heterocycles. The van der Waals surface area contributed by atoms with Crippen LogP contribution < -0.4 is 5.32 Å². The fourth-order valence-corrected chi connectivity index (χ4v) is 2.80. The van der Waals surface area contributed by atoms with E-state index < -0.39 is 0 Å². The molecule has 2 heterocycles. The molecular weight excluding hydrogens is 224 g/mol. The maximum absolute atomic E-state index is 4.36. The van der Waals surface area contributed by atoms with Gasteiger partial charge in [-0.15, -0.1) is 0 Å². The van der Waals surface area contributed by atoms with Gasteiger partial charge in [0.1, 0.15) is 6.33 Å². The van der Waals surface area contributed by atoms with E-state index in [0.29, 0.717) is 0 Å². The van der Waals surface area contributed by atoms with Crippen molar-refractivity contribution in [2.24, 2.45) is 5.92 Å². The molecule has 1 aliphatic carbocycles. The Morgan fingerprint density at radius 3 is 2.72 bits per heavy atom. The fourth-order valence-electron chi connectivity index (χ4n) is 2.80. The molecule has 98 valence electrons. The molecule has 3 rings (SSSR count). The van der Waals surface area contributed by atoms with Gasteiger partial charge in [-0.05, 0) is 50.8 Å². The first kappa shape index (κ1) is 12.1. The third kappa shape index (κ3) is 3.27. The Morgan fingerprint density at radius 2 is 2.06 bits per heavy atom. The normalized spacial score (nSPS) is 21.4. The second-order valence-corrected chi connectivity index (χ2v) is 5.55. The standard InChI is InChI=1S/C14H22N4/c1-2-14(1)18(9-12-3-6-15-7-4-12)10-13-5-8-16-11-17-13/h5,8,11-12,14-15H,1-4,6-7,9-10H2. The number of hydrogen-bond donors (Lipinski definition) is 1. The zero-order valence-corrected chi connectivity index (χ0v) is 10.9. The van der Waals surface area contributed by atoms with Crippen LogP contribution >= 0.6 is 0 Å². The lowest BCUT2D eigenvalue weighted by Gasteiger charge is -2.29. The van der Waals surface area contributed by atoms with Crippen molar-refractivity contribution in [1.82, 2.24) is 20.2 Å². The van der Waals surface area contributed by atoms with E-state index in [4.69, 9.17) is 0 Å². The van der Waals surface area contributed by atoms with Crippen LogP contribution in [0.15, 0.2) is 18.6 Å². The minimum atomic E-state index is 0.815. The second-order valence-electron chi connectivity index (χ2n) is 5.55. The average molecular weight is 246 g/mol. The monoisotopic (exact) mass is 246 g/mol. The van der Waals surface area contributed by atoms with Gasteiger partial charge in [0.25, 0.3) is 0 Å². The Kier molecular flexibility index (Phi) is 3.86. The van der Waals surface area contributed by atoms with E-state index in [1.807, 2.05) is 12.3 Å². The summed E-state index contributed by atoms with van der Waals surface area (Å²) in [6.45, 7) is 4.63. The average Bonchev–Trinajstić information content (AvgIpc) is 3.25. The Hall–Kier alpha value is -1.00. The topological polar surface area (TPSA) is 41.0 Å². The Morgan fingerprint density at radius 1 is 1.22 bits per heavy atom. The predicted molar refractivity (Wildman–Crippen MR) is 71.1 cm³/mol. The molecular formula is C14H22N4. The van der Waals surface area contributed by atoms with Crippen LogP contribution in [0.25, 0.3) is 0 Å². The SMILES string of the molecule is c1cc(CN(CC2CCNCC2)C2CC2)ncn1. The Labute approximate surface area is 109 Å². The molecule has 0 radical (unpaired) electrons. The van der Waals surface area contributed by atoms with Crippen LogP contribution in [0.5, 0.6) is 0 Å². The number of piperidine rings is 1. The molecule has 0 atom stereocenters. The van der Waals surface area contributed by atoms with Gasteiger partial charge in [-0.1, -0.05) is 0 Å². The molecule has 1 N–H and O–H groups in total. The summed E-state index contributed by atoms with van der Waals surface area (Å²) in [5.41, 5.74) is 1.16. The minimum absolute atomic E-state index is 0.815.